The second-order valence-electron chi connectivity index (χ2n) is 5.98. The number of fused-ring (bicyclic) bond motifs is 1. The highest BCUT2D eigenvalue weighted by Gasteiger charge is 2.25. The molecular formula is C18H23NOS. The fraction of sp³-hybridized carbons (Fsp3) is 0.444. The Kier molecular flexibility index (Phi) is 4.41. The van der Waals surface area contributed by atoms with Crippen LogP contribution >= 0.6 is 11.8 Å². The van der Waals surface area contributed by atoms with Crippen LogP contribution < -0.4 is 5.32 Å². The lowest BCUT2D eigenvalue weighted by Crippen LogP contribution is -2.29. The summed E-state index contributed by atoms with van der Waals surface area (Å²) < 4.78 is 0. The van der Waals surface area contributed by atoms with Crippen LogP contribution in [0.4, 0.5) is 0 Å². The van der Waals surface area contributed by atoms with Crippen LogP contribution in [0.15, 0.2) is 36.4 Å². The first kappa shape index (κ1) is 14.7. The Hall–Kier alpha value is -1.19. The number of phenolic OH excluding ortho intramolecular Hbond substituents is 1. The van der Waals surface area contributed by atoms with Crippen molar-refractivity contribution < 1.29 is 5.11 Å². The lowest BCUT2D eigenvalue weighted by molar-refractivity contribution is 0.430. The van der Waals surface area contributed by atoms with Crippen molar-refractivity contribution in [2.24, 2.45) is 0 Å². The molecule has 0 saturated heterocycles. The van der Waals surface area contributed by atoms with Gasteiger partial charge in [0.2, 0.25) is 0 Å². The Balaban J connectivity index is 1.78. The molecular weight excluding hydrogens is 278 g/mol. The van der Waals surface area contributed by atoms with Gasteiger partial charge in [0.1, 0.15) is 5.75 Å². The lowest BCUT2D eigenvalue weighted by Gasteiger charge is -2.21. The van der Waals surface area contributed by atoms with Gasteiger partial charge in [-0.15, -0.1) is 0 Å². The van der Waals surface area contributed by atoms with Crippen LogP contribution in [0, 0.1) is 0 Å². The van der Waals surface area contributed by atoms with Crippen LogP contribution in [0.25, 0.3) is 10.8 Å². The molecule has 3 atom stereocenters. The highest BCUT2D eigenvalue weighted by Crippen LogP contribution is 2.34. The molecule has 2 nitrogen and oxygen atoms in total. The molecule has 3 rings (SSSR count). The van der Waals surface area contributed by atoms with E-state index < -0.39 is 0 Å². The molecule has 0 aliphatic heterocycles. The Morgan fingerprint density at radius 1 is 1.19 bits per heavy atom. The molecule has 3 heteroatoms. The second-order valence-corrected chi connectivity index (χ2v) is 7.12. The van der Waals surface area contributed by atoms with E-state index in [4.69, 9.17) is 0 Å². The van der Waals surface area contributed by atoms with E-state index in [9.17, 15) is 5.11 Å². The maximum Gasteiger partial charge on any atom is 0.128 e. The number of aromatic hydroxyl groups is 1. The minimum atomic E-state index is 0.181. The average Bonchev–Trinajstić information content (AvgIpc) is 2.95. The number of benzene rings is 2. The van der Waals surface area contributed by atoms with Gasteiger partial charge < -0.3 is 10.4 Å². The lowest BCUT2D eigenvalue weighted by atomic mass is 10.0. The topological polar surface area (TPSA) is 32.3 Å². The van der Waals surface area contributed by atoms with Crippen molar-refractivity contribution >= 4 is 22.5 Å². The fourth-order valence-electron chi connectivity index (χ4n) is 3.37. The summed E-state index contributed by atoms with van der Waals surface area (Å²) in [6.07, 6.45) is 5.98. The SMILES string of the molecule is CSC1CCC(NC(C)c2ccc3ccccc3c2O)C1. The molecule has 21 heavy (non-hydrogen) atoms. The molecule has 0 bridgehead atoms. The van der Waals surface area contributed by atoms with E-state index in [1.54, 1.807) is 0 Å². The zero-order valence-corrected chi connectivity index (χ0v) is 13.5. The van der Waals surface area contributed by atoms with Crippen LogP contribution in [0.2, 0.25) is 0 Å². The van der Waals surface area contributed by atoms with Crippen molar-refractivity contribution in [3.8, 4) is 5.75 Å². The second kappa shape index (κ2) is 6.29. The fourth-order valence-corrected chi connectivity index (χ4v) is 4.17. The quantitative estimate of drug-likeness (QED) is 0.873. The molecule has 1 aliphatic rings. The van der Waals surface area contributed by atoms with Gasteiger partial charge in [-0.05, 0) is 37.8 Å². The zero-order valence-electron chi connectivity index (χ0n) is 12.7. The maximum absolute atomic E-state index is 10.5. The number of phenols is 1. The number of hydrogen-bond acceptors (Lipinski definition) is 3. The Bertz CT molecular complexity index is 628. The molecule has 0 aromatic heterocycles. The minimum Gasteiger partial charge on any atom is -0.507 e. The van der Waals surface area contributed by atoms with Crippen LogP contribution in [-0.2, 0) is 0 Å². The van der Waals surface area contributed by atoms with Crippen molar-refractivity contribution in [3.63, 3.8) is 0 Å². The average molecular weight is 301 g/mol. The van der Waals surface area contributed by atoms with E-state index in [0.29, 0.717) is 11.8 Å². The largest absolute Gasteiger partial charge is 0.507 e. The summed E-state index contributed by atoms with van der Waals surface area (Å²) in [5.41, 5.74) is 1.00. The summed E-state index contributed by atoms with van der Waals surface area (Å²) >= 11 is 1.97. The normalized spacial score (nSPS) is 23.5. The summed E-state index contributed by atoms with van der Waals surface area (Å²) in [5, 5.41) is 17.1. The molecule has 1 saturated carbocycles. The van der Waals surface area contributed by atoms with Gasteiger partial charge in [-0.2, -0.15) is 11.8 Å². The monoisotopic (exact) mass is 301 g/mol. The molecule has 0 radical (unpaired) electrons. The molecule has 1 aliphatic carbocycles. The predicted octanol–water partition coefficient (Wildman–Crippen LogP) is 4.48. The van der Waals surface area contributed by atoms with Gasteiger partial charge in [0, 0.05) is 28.3 Å². The highest BCUT2D eigenvalue weighted by molar-refractivity contribution is 7.99. The third kappa shape index (κ3) is 3.04. The van der Waals surface area contributed by atoms with E-state index >= 15 is 0 Å². The van der Waals surface area contributed by atoms with Gasteiger partial charge in [-0.1, -0.05) is 36.4 Å². The van der Waals surface area contributed by atoms with Crippen LogP contribution in [0.3, 0.4) is 0 Å². The van der Waals surface area contributed by atoms with Crippen LogP contribution in [0.5, 0.6) is 5.75 Å². The molecule has 2 aromatic rings. The molecule has 3 unspecified atom stereocenters. The van der Waals surface area contributed by atoms with E-state index in [1.165, 1.54) is 19.3 Å². The summed E-state index contributed by atoms with van der Waals surface area (Å²) in [7, 11) is 0. The number of nitrogens with one attached hydrogen (secondary N) is 1. The van der Waals surface area contributed by atoms with Gasteiger partial charge in [-0.25, -0.2) is 0 Å². The smallest absolute Gasteiger partial charge is 0.128 e. The number of thioether (sulfide) groups is 1. The maximum atomic E-state index is 10.5. The number of rotatable bonds is 4. The van der Waals surface area contributed by atoms with Gasteiger partial charge in [-0.3, -0.25) is 0 Å². The van der Waals surface area contributed by atoms with E-state index in [2.05, 4.69) is 30.6 Å². The first-order valence-corrected chi connectivity index (χ1v) is 8.97. The third-order valence-corrected chi connectivity index (χ3v) is 5.70. The van der Waals surface area contributed by atoms with Crippen molar-refractivity contribution in [2.45, 2.75) is 43.5 Å². The van der Waals surface area contributed by atoms with Gasteiger partial charge in [0.15, 0.2) is 0 Å². The van der Waals surface area contributed by atoms with Gasteiger partial charge >= 0.3 is 0 Å². The molecule has 0 amide bonds. The van der Waals surface area contributed by atoms with Crippen molar-refractivity contribution in [1.82, 2.24) is 5.32 Å². The molecule has 112 valence electrons. The Morgan fingerprint density at radius 2 is 2.00 bits per heavy atom. The highest BCUT2D eigenvalue weighted by atomic mass is 32.2. The van der Waals surface area contributed by atoms with E-state index in [0.717, 1.165) is 21.6 Å². The predicted molar refractivity (Wildman–Crippen MR) is 92.1 cm³/mol. The van der Waals surface area contributed by atoms with Crippen LogP contribution in [0.1, 0.15) is 37.8 Å². The van der Waals surface area contributed by atoms with Crippen molar-refractivity contribution in [3.05, 3.63) is 42.0 Å². The molecule has 0 heterocycles. The summed E-state index contributed by atoms with van der Waals surface area (Å²) in [6, 6.07) is 12.9. The third-order valence-electron chi connectivity index (χ3n) is 4.60. The van der Waals surface area contributed by atoms with Crippen LogP contribution in [-0.4, -0.2) is 22.7 Å². The summed E-state index contributed by atoms with van der Waals surface area (Å²) in [4.78, 5) is 0. The summed E-state index contributed by atoms with van der Waals surface area (Å²) in [5.74, 6) is 0.424. The zero-order chi connectivity index (χ0) is 14.8. The van der Waals surface area contributed by atoms with E-state index in [-0.39, 0.29) is 6.04 Å². The molecule has 2 N–H and O–H groups in total. The van der Waals surface area contributed by atoms with Gasteiger partial charge in [0.05, 0.1) is 0 Å². The standard InChI is InChI=1S/C18H23NOS/c1-12(19-14-8-9-15(11-14)21-2)16-10-7-13-5-3-4-6-17(13)18(16)20/h3-7,10,12,14-15,19-20H,8-9,11H2,1-2H3. The van der Waals surface area contributed by atoms with E-state index in [1.807, 2.05) is 36.0 Å². The Labute approximate surface area is 130 Å². The molecule has 2 aromatic carbocycles. The Morgan fingerprint density at radius 3 is 2.76 bits per heavy atom. The number of hydrogen-bond donors (Lipinski definition) is 2. The minimum absolute atomic E-state index is 0.181. The molecule has 0 spiro atoms. The van der Waals surface area contributed by atoms with Gasteiger partial charge in [0.25, 0.3) is 0 Å². The molecule has 1 fully saturated rings. The summed E-state index contributed by atoms with van der Waals surface area (Å²) in [6.45, 7) is 2.15. The first-order chi connectivity index (χ1) is 10.2. The van der Waals surface area contributed by atoms with Crippen molar-refractivity contribution in [2.75, 3.05) is 6.26 Å². The van der Waals surface area contributed by atoms with Crippen molar-refractivity contribution in [1.29, 1.82) is 0 Å². The first-order valence-electron chi connectivity index (χ1n) is 7.68.